The monoisotopic (exact) mass is 304 g/mol. The number of aromatic amines is 1. The molecule has 1 aliphatic rings. The van der Waals surface area contributed by atoms with Crippen LogP contribution in [0.25, 0.3) is 22.4 Å². The molecule has 0 radical (unpaired) electrons. The van der Waals surface area contributed by atoms with Crippen molar-refractivity contribution in [2.75, 3.05) is 13.2 Å². The first kappa shape index (κ1) is 12.5. The number of nitrogens with zero attached hydrogens (tertiary/aromatic N) is 1. The lowest BCUT2D eigenvalue weighted by Gasteiger charge is -2.17. The van der Waals surface area contributed by atoms with Gasteiger partial charge in [0.2, 0.25) is 0 Å². The number of rotatable bonds is 1. The first-order valence-electron chi connectivity index (χ1n) is 6.46. The molecule has 0 fully saturated rings. The zero-order valence-corrected chi connectivity index (χ0v) is 11.6. The highest BCUT2D eigenvalue weighted by Gasteiger charge is 2.17. The highest BCUT2D eigenvalue weighted by Crippen LogP contribution is 2.36. The summed E-state index contributed by atoms with van der Waals surface area (Å²) in [5.74, 6) is 1.38. The molecule has 3 aromatic rings. The van der Waals surface area contributed by atoms with E-state index < -0.39 is 5.82 Å². The predicted molar refractivity (Wildman–Crippen MR) is 77.5 cm³/mol. The van der Waals surface area contributed by atoms with Crippen molar-refractivity contribution in [3.63, 3.8) is 0 Å². The summed E-state index contributed by atoms with van der Waals surface area (Å²) in [7, 11) is 0. The average Bonchev–Trinajstić information content (AvgIpc) is 2.90. The third-order valence-electron chi connectivity index (χ3n) is 3.35. The van der Waals surface area contributed by atoms with Gasteiger partial charge in [-0.2, -0.15) is 0 Å². The molecule has 0 unspecified atom stereocenters. The Balaban J connectivity index is 1.89. The number of aromatic nitrogens is 2. The first-order chi connectivity index (χ1) is 10.2. The van der Waals surface area contributed by atoms with E-state index in [0.717, 1.165) is 11.0 Å². The maximum Gasteiger partial charge on any atom is 0.163 e. The average molecular weight is 305 g/mol. The normalized spacial score (nSPS) is 13.6. The lowest BCUT2D eigenvalue weighted by Crippen LogP contribution is -2.15. The molecule has 1 aliphatic heterocycles. The molecule has 0 saturated carbocycles. The van der Waals surface area contributed by atoms with Gasteiger partial charge in [0, 0.05) is 17.7 Å². The smallest absolute Gasteiger partial charge is 0.163 e. The quantitative estimate of drug-likeness (QED) is 0.744. The highest BCUT2D eigenvalue weighted by atomic mass is 35.5. The van der Waals surface area contributed by atoms with Gasteiger partial charge in [-0.15, -0.1) is 0 Å². The van der Waals surface area contributed by atoms with E-state index in [9.17, 15) is 4.39 Å². The zero-order chi connectivity index (χ0) is 14.4. The van der Waals surface area contributed by atoms with Gasteiger partial charge in [0.25, 0.3) is 0 Å². The molecule has 0 saturated heterocycles. The Morgan fingerprint density at radius 3 is 2.71 bits per heavy atom. The Bertz CT molecular complexity index is 804. The number of benzene rings is 2. The molecule has 4 rings (SSSR count). The molecule has 106 valence electrons. The number of halogens is 2. The Hall–Kier alpha value is -2.27. The van der Waals surface area contributed by atoms with Crippen molar-refractivity contribution in [3.05, 3.63) is 41.2 Å². The summed E-state index contributed by atoms with van der Waals surface area (Å²) < 4.78 is 24.6. The lowest BCUT2D eigenvalue weighted by molar-refractivity contribution is 0.172. The van der Waals surface area contributed by atoms with E-state index in [4.69, 9.17) is 21.1 Å². The van der Waals surface area contributed by atoms with Crippen LogP contribution in [0.5, 0.6) is 11.5 Å². The molecule has 6 heteroatoms. The summed E-state index contributed by atoms with van der Waals surface area (Å²) in [5.41, 5.74) is 2.02. The van der Waals surface area contributed by atoms with Crippen LogP contribution in [0.3, 0.4) is 0 Å². The van der Waals surface area contributed by atoms with Crippen LogP contribution in [-0.2, 0) is 0 Å². The molecule has 4 nitrogen and oxygen atoms in total. The van der Waals surface area contributed by atoms with Crippen molar-refractivity contribution < 1.29 is 13.9 Å². The number of H-pyrrole nitrogens is 1. The number of ether oxygens (including phenoxy) is 2. The van der Waals surface area contributed by atoms with E-state index in [0.29, 0.717) is 36.1 Å². The van der Waals surface area contributed by atoms with Gasteiger partial charge in [0.05, 0.1) is 16.1 Å². The Labute approximate surface area is 124 Å². The van der Waals surface area contributed by atoms with Crippen LogP contribution in [0.4, 0.5) is 4.39 Å². The molecule has 0 atom stereocenters. The second-order valence-corrected chi connectivity index (χ2v) is 5.08. The van der Waals surface area contributed by atoms with Gasteiger partial charge >= 0.3 is 0 Å². The second-order valence-electron chi connectivity index (χ2n) is 4.70. The van der Waals surface area contributed by atoms with Gasteiger partial charge in [-0.25, -0.2) is 9.37 Å². The molecular weight excluding hydrogens is 295 g/mol. The van der Waals surface area contributed by atoms with Crippen LogP contribution in [0.1, 0.15) is 0 Å². The van der Waals surface area contributed by atoms with Gasteiger partial charge in [0.1, 0.15) is 24.9 Å². The third kappa shape index (κ3) is 2.01. The minimum atomic E-state index is -0.472. The topological polar surface area (TPSA) is 47.1 Å². The van der Waals surface area contributed by atoms with E-state index in [1.165, 1.54) is 6.07 Å². The van der Waals surface area contributed by atoms with E-state index in [-0.39, 0.29) is 5.02 Å². The summed E-state index contributed by atoms with van der Waals surface area (Å²) in [6, 6.07) is 8.26. The summed E-state index contributed by atoms with van der Waals surface area (Å²) in [5, 5.41) is 0.0498. The molecule has 0 aliphatic carbocycles. The lowest BCUT2D eigenvalue weighted by atomic mass is 10.2. The third-order valence-corrected chi connectivity index (χ3v) is 3.74. The fourth-order valence-corrected chi connectivity index (χ4v) is 2.58. The van der Waals surface area contributed by atoms with Crippen LogP contribution in [0.15, 0.2) is 30.3 Å². The van der Waals surface area contributed by atoms with Crippen LogP contribution in [0.2, 0.25) is 5.02 Å². The van der Waals surface area contributed by atoms with E-state index in [1.807, 2.05) is 6.07 Å². The molecule has 2 heterocycles. The van der Waals surface area contributed by atoms with Crippen LogP contribution >= 0.6 is 11.6 Å². The number of nitrogens with one attached hydrogen (secondary N) is 1. The zero-order valence-electron chi connectivity index (χ0n) is 10.8. The van der Waals surface area contributed by atoms with Gasteiger partial charge in [0.15, 0.2) is 11.5 Å². The van der Waals surface area contributed by atoms with Crippen molar-refractivity contribution in [2.45, 2.75) is 0 Å². The molecule has 2 aromatic carbocycles. The predicted octanol–water partition coefficient (Wildman–Crippen LogP) is 3.79. The minimum absolute atomic E-state index is 0.0498. The van der Waals surface area contributed by atoms with Crippen molar-refractivity contribution >= 4 is 22.6 Å². The molecular formula is C15H10ClFN2O2. The van der Waals surface area contributed by atoms with Crippen molar-refractivity contribution in [1.82, 2.24) is 9.97 Å². The number of hydrogen-bond acceptors (Lipinski definition) is 3. The Morgan fingerprint density at radius 2 is 1.90 bits per heavy atom. The van der Waals surface area contributed by atoms with Crippen LogP contribution in [-0.4, -0.2) is 23.2 Å². The van der Waals surface area contributed by atoms with Gasteiger partial charge < -0.3 is 14.5 Å². The SMILES string of the molecule is Fc1cccc(-c2nc3cc4c(cc3[nH]2)OCCO4)c1Cl. The highest BCUT2D eigenvalue weighted by molar-refractivity contribution is 6.33. The fourth-order valence-electron chi connectivity index (χ4n) is 2.36. The van der Waals surface area contributed by atoms with Crippen molar-refractivity contribution in [2.24, 2.45) is 0 Å². The van der Waals surface area contributed by atoms with Gasteiger partial charge in [-0.3, -0.25) is 0 Å². The number of hydrogen-bond donors (Lipinski definition) is 1. The molecule has 21 heavy (non-hydrogen) atoms. The largest absolute Gasteiger partial charge is 0.486 e. The van der Waals surface area contributed by atoms with Gasteiger partial charge in [-0.1, -0.05) is 17.7 Å². The van der Waals surface area contributed by atoms with E-state index in [1.54, 1.807) is 18.2 Å². The Morgan fingerprint density at radius 1 is 1.14 bits per heavy atom. The molecule has 1 aromatic heterocycles. The summed E-state index contributed by atoms with van der Waals surface area (Å²) in [4.78, 5) is 7.58. The number of fused-ring (bicyclic) bond motifs is 2. The van der Waals surface area contributed by atoms with Crippen molar-refractivity contribution in [1.29, 1.82) is 0 Å². The molecule has 1 N–H and O–H groups in total. The standard InChI is InChI=1S/C15H10ClFN2O2/c16-14-8(2-1-3-9(14)17)15-18-10-6-12-13(7-11(10)19-15)21-5-4-20-12/h1-3,6-7H,4-5H2,(H,18,19). The molecule has 0 bridgehead atoms. The van der Waals surface area contributed by atoms with Crippen LogP contribution in [0, 0.1) is 5.82 Å². The molecule has 0 spiro atoms. The first-order valence-corrected chi connectivity index (χ1v) is 6.84. The maximum absolute atomic E-state index is 13.6. The van der Waals surface area contributed by atoms with E-state index in [2.05, 4.69) is 9.97 Å². The number of imidazole rings is 1. The van der Waals surface area contributed by atoms with Crippen LogP contribution < -0.4 is 9.47 Å². The fraction of sp³-hybridized carbons (Fsp3) is 0.133. The summed E-state index contributed by atoms with van der Waals surface area (Å²) >= 11 is 6.00. The molecule has 0 amide bonds. The Kier molecular flexibility index (Phi) is 2.75. The second kappa shape index (κ2) is 4.63. The summed E-state index contributed by atoms with van der Waals surface area (Å²) in [6.07, 6.45) is 0. The summed E-state index contributed by atoms with van der Waals surface area (Å²) in [6.45, 7) is 1.04. The van der Waals surface area contributed by atoms with Gasteiger partial charge in [-0.05, 0) is 12.1 Å². The minimum Gasteiger partial charge on any atom is -0.486 e. The van der Waals surface area contributed by atoms with Crippen molar-refractivity contribution in [3.8, 4) is 22.9 Å². The maximum atomic E-state index is 13.6. The van der Waals surface area contributed by atoms with E-state index >= 15 is 0 Å².